The molecule has 1 saturated carbocycles. The Hall–Kier alpha value is -0.840. The Labute approximate surface area is 124 Å². The van der Waals surface area contributed by atoms with Gasteiger partial charge in [0, 0.05) is 30.1 Å². The van der Waals surface area contributed by atoms with Gasteiger partial charge in [-0.3, -0.25) is 4.79 Å². The summed E-state index contributed by atoms with van der Waals surface area (Å²) in [6, 6.07) is 10.3. The largest absolute Gasteiger partial charge is 0.347 e. The first kappa shape index (κ1) is 14.1. The molecule has 3 rings (SSSR count). The van der Waals surface area contributed by atoms with Gasteiger partial charge in [-0.25, -0.2) is 0 Å². The van der Waals surface area contributed by atoms with Crippen LogP contribution < -0.4 is 0 Å². The molecule has 1 heterocycles. The van der Waals surface area contributed by atoms with E-state index in [0.717, 1.165) is 25.0 Å². The fraction of sp³-hybridized carbons (Fsp3) is 0.562. The summed E-state index contributed by atoms with van der Waals surface area (Å²) >= 11 is 1.81. The van der Waals surface area contributed by atoms with Crippen LogP contribution in [-0.4, -0.2) is 30.5 Å². The normalized spacial score (nSPS) is 25.2. The minimum Gasteiger partial charge on any atom is -0.347 e. The van der Waals surface area contributed by atoms with Crippen molar-refractivity contribution in [3.05, 3.63) is 30.3 Å². The maximum absolute atomic E-state index is 12.1. The Bertz CT molecular complexity index is 454. The van der Waals surface area contributed by atoms with Crippen LogP contribution in [0.25, 0.3) is 0 Å². The minimum absolute atomic E-state index is 0.0954. The zero-order valence-electron chi connectivity index (χ0n) is 11.5. The van der Waals surface area contributed by atoms with Crippen molar-refractivity contribution in [2.45, 2.75) is 36.4 Å². The molecule has 0 aromatic heterocycles. The third-order valence-electron chi connectivity index (χ3n) is 4.06. The van der Waals surface area contributed by atoms with E-state index in [1.807, 2.05) is 30.0 Å². The molecule has 0 radical (unpaired) electrons. The molecule has 1 aliphatic heterocycles. The molecule has 2 fully saturated rings. The Kier molecular flexibility index (Phi) is 4.44. The minimum atomic E-state index is -0.448. The van der Waals surface area contributed by atoms with E-state index in [1.54, 1.807) is 0 Å². The molecule has 2 aliphatic rings. The van der Waals surface area contributed by atoms with E-state index in [-0.39, 0.29) is 5.92 Å². The van der Waals surface area contributed by atoms with Crippen LogP contribution in [0.3, 0.4) is 0 Å². The van der Waals surface area contributed by atoms with Gasteiger partial charge >= 0.3 is 0 Å². The van der Waals surface area contributed by atoms with Crippen molar-refractivity contribution in [2.75, 3.05) is 19.0 Å². The molecule has 108 valence electrons. The third kappa shape index (κ3) is 3.25. The van der Waals surface area contributed by atoms with Crippen LogP contribution in [0.15, 0.2) is 35.2 Å². The van der Waals surface area contributed by atoms with Crippen molar-refractivity contribution < 1.29 is 14.3 Å². The maximum Gasteiger partial charge on any atom is 0.169 e. The quantitative estimate of drug-likeness (QED) is 0.798. The van der Waals surface area contributed by atoms with E-state index in [1.165, 1.54) is 4.90 Å². The molecular formula is C16H20O3S. The summed E-state index contributed by atoms with van der Waals surface area (Å²) in [6.45, 7) is 1.33. The van der Waals surface area contributed by atoms with Crippen molar-refractivity contribution in [3.8, 4) is 0 Å². The number of benzene rings is 1. The highest BCUT2D eigenvalue weighted by Crippen LogP contribution is 2.39. The number of ether oxygens (including phenoxy) is 2. The Balaban J connectivity index is 1.52. The fourth-order valence-corrected chi connectivity index (χ4v) is 3.95. The molecule has 1 saturated heterocycles. The first-order valence-electron chi connectivity index (χ1n) is 7.26. The molecule has 4 heteroatoms. The number of hydrogen-bond donors (Lipinski definition) is 0. The smallest absolute Gasteiger partial charge is 0.169 e. The number of rotatable bonds is 4. The Morgan fingerprint density at radius 1 is 1.20 bits per heavy atom. The molecule has 3 nitrogen and oxygen atoms in total. The average molecular weight is 292 g/mol. The van der Waals surface area contributed by atoms with E-state index in [2.05, 4.69) is 12.1 Å². The molecule has 1 aromatic rings. The van der Waals surface area contributed by atoms with Crippen LogP contribution in [0.4, 0.5) is 0 Å². The lowest BCUT2D eigenvalue weighted by molar-refractivity contribution is -0.189. The molecule has 0 N–H and O–H groups in total. The molecule has 1 spiro atoms. The molecule has 20 heavy (non-hydrogen) atoms. The van der Waals surface area contributed by atoms with Crippen molar-refractivity contribution in [3.63, 3.8) is 0 Å². The molecule has 1 unspecified atom stereocenters. The van der Waals surface area contributed by atoms with Gasteiger partial charge in [0.1, 0.15) is 5.78 Å². The van der Waals surface area contributed by atoms with Crippen molar-refractivity contribution in [2.24, 2.45) is 5.92 Å². The zero-order chi connectivity index (χ0) is 13.8. The van der Waals surface area contributed by atoms with E-state index in [4.69, 9.17) is 9.47 Å². The van der Waals surface area contributed by atoms with Crippen LogP contribution in [0.1, 0.15) is 25.7 Å². The van der Waals surface area contributed by atoms with E-state index in [0.29, 0.717) is 25.4 Å². The summed E-state index contributed by atoms with van der Waals surface area (Å²) in [5, 5.41) is 0. The predicted octanol–water partition coefficient (Wildman–Crippen LogP) is 3.28. The summed E-state index contributed by atoms with van der Waals surface area (Å²) < 4.78 is 11.5. The second-order valence-electron chi connectivity index (χ2n) is 5.43. The lowest BCUT2D eigenvalue weighted by atomic mass is 9.82. The summed E-state index contributed by atoms with van der Waals surface area (Å²) in [4.78, 5) is 13.3. The molecular weight excluding hydrogens is 272 g/mol. The standard InChI is InChI=1S/C16H20O3S/c17-15-6-8-16(18-9-10-19-16)12-13(15)7-11-20-14-4-2-1-3-5-14/h1-5,13H,6-12H2. The van der Waals surface area contributed by atoms with Gasteiger partial charge in [-0.05, 0) is 24.3 Å². The lowest BCUT2D eigenvalue weighted by Gasteiger charge is -2.35. The van der Waals surface area contributed by atoms with Gasteiger partial charge in [0.05, 0.1) is 13.2 Å². The van der Waals surface area contributed by atoms with Gasteiger partial charge in [0.2, 0.25) is 0 Å². The maximum atomic E-state index is 12.1. The van der Waals surface area contributed by atoms with Gasteiger partial charge in [-0.15, -0.1) is 11.8 Å². The number of hydrogen-bond acceptors (Lipinski definition) is 4. The predicted molar refractivity (Wildman–Crippen MR) is 78.8 cm³/mol. The molecule has 0 amide bonds. The van der Waals surface area contributed by atoms with Gasteiger partial charge < -0.3 is 9.47 Å². The van der Waals surface area contributed by atoms with Gasteiger partial charge in [-0.2, -0.15) is 0 Å². The monoisotopic (exact) mass is 292 g/mol. The average Bonchev–Trinajstić information content (AvgIpc) is 2.92. The first-order chi connectivity index (χ1) is 9.77. The van der Waals surface area contributed by atoms with Crippen molar-refractivity contribution in [1.29, 1.82) is 0 Å². The number of thioether (sulfide) groups is 1. The Morgan fingerprint density at radius 3 is 2.70 bits per heavy atom. The highest BCUT2D eigenvalue weighted by Gasteiger charge is 2.44. The molecule has 1 atom stereocenters. The van der Waals surface area contributed by atoms with E-state index < -0.39 is 5.79 Å². The fourth-order valence-electron chi connectivity index (χ4n) is 2.97. The number of ketones is 1. The van der Waals surface area contributed by atoms with Crippen LogP contribution >= 0.6 is 11.8 Å². The number of Topliss-reactive ketones (excluding diaryl/α,β-unsaturated/α-hetero) is 1. The zero-order valence-corrected chi connectivity index (χ0v) is 12.4. The van der Waals surface area contributed by atoms with E-state index in [9.17, 15) is 4.79 Å². The Morgan fingerprint density at radius 2 is 1.95 bits per heavy atom. The number of carbonyl (C=O) groups excluding carboxylic acids is 1. The van der Waals surface area contributed by atoms with Gasteiger partial charge in [0.25, 0.3) is 0 Å². The summed E-state index contributed by atoms with van der Waals surface area (Å²) in [5.74, 6) is 0.994. The van der Waals surface area contributed by atoms with Gasteiger partial charge in [0.15, 0.2) is 5.79 Å². The highest BCUT2D eigenvalue weighted by atomic mass is 32.2. The lowest BCUT2D eigenvalue weighted by Crippen LogP contribution is -2.40. The first-order valence-corrected chi connectivity index (χ1v) is 8.24. The topological polar surface area (TPSA) is 35.5 Å². The van der Waals surface area contributed by atoms with Crippen LogP contribution in [0.2, 0.25) is 0 Å². The molecule has 0 bridgehead atoms. The SMILES string of the molecule is O=C1CCC2(CC1CCSc1ccccc1)OCCO2. The molecule has 1 aliphatic carbocycles. The van der Waals surface area contributed by atoms with Crippen molar-refractivity contribution >= 4 is 17.5 Å². The van der Waals surface area contributed by atoms with Crippen LogP contribution in [0, 0.1) is 5.92 Å². The van der Waals surface area contributed by atoms with Crippen molar-refractivity contribution in [1.82, 2.24) is 0 Å². The van der Waals surface area contributed by atoms with Crippen LogP contribution in [-0.2, 0) is 14.3 Å². The summed E-state index contributed by atoms with van der Waals surface area (Å²) in [6.07, 6.45) is 2.98. The van der Waals surface area contributed by atoms with E-state index >= 15 is 0 Å². The highest BCUT2D eigenvalue weighted by molar-refractivity contribution is 7.99. The summed E-state index contributed by atoms with van der Waals surface area (Å²) in [5.41, 5.74) is 0. The number of carbonyl (C=O) groups is 1. The third-order valence-corrected chi connectivity index (χ3v) is 5.10. The van der Waals surface area contributed by atoms with Crippen LogP contribution in [0.5, 0.6) is 0 Å². The molecule has 1 aromatic carbocycles. The second-order valence-corrected chi connectivity index (χ2v) is 6.59. The van der Waals surface area contributed by atoms with Gasteiger partial charge in [-0.1, -0.05) is 18.2 Å². The summed E-state index contributed by atoms with van der Waals surface area (Å²) in [7, 11) is 0. The second kappa shape index (κ2) is 6.29.